The van der Waals surface area contributed by atoms with Crippen LogP contribution in [0.2, 0.25) is 0 Å². The summed E-state index contributed by atoms with van der Waals surface area (Å²) in [6, 6.07) is 7.59. The smallest absolute Gasteiger partial charge is 0.128 e. The molecule has 0 aliphatic heterocycles. The zero-order chi connectivity index (χ0) is 9.68. The molecule has 1 aromatic rings. The zero-order valence-corrected chi connectivity index (χ0v) is 8.00. The SMILES string of the molecule is NCC(C=O)c1ccccc1CCl. The highest BCUT2D eigenvalue weighted by Crippen LogP contribution is 2.19. The van der Waals surface area contributed by atoms with Gasteiger partial charge in [-0.15, -0.1) is 11.6 Å². The van der Waals surface area contributed by atoms with Crippen molar-refractivity contribution in [3.8, 4) is 0 Å². The van der Waals surface area contributed by atoms with Crippen LogP contribution in [-0.4, -0.2) is 12.8 Å². The third-order valence-corrected chi connectivity index (χ3v) is 2.30. The lowest BCUT2D eigenvalue weighted by atomic mass is 9.96. The average molecular weight is 198 g/mol. The molecule has 70 valence electrons. The van der Waals surface area contributed by atoms with Gasteiger partial charge in [-0.05, 0) is 11.1 Å². The Labute approximate surface area is 82.7 Å². The Kier molecular flexibility index (Phi) is 3.93. The molecule has 0 heterocycles. The van der Waals surface area contributed by atoms with Gasteiger partial charge in [-0.25, -0.2) is 0 Å². The lowest BCUT2D eigenvalue weighted by molar-refractivity contribution is -0.108. The van der Waals surface area contributed by atoms with Crippen LogP contribution in [0.1, 0.15) is 17.0 Å². The standard InChI is InChI=1S/C10H12ClNO/c11-5-8-3-1-2-4-10(8)9(6-12)7-13/h1-4,7,9H,5-6,12H2. The summed E-state index contributed by atoms with van der Waals surface area (Å²) in [7, 11) is 0. The normalized spacial score (nSPS) is 12.5. The van der Waals surface area contributed by atoms with Gasteiger partial charge >= 0.3 is 0 Å². The number of alkyl halides is 1. The number of hydrogen-bond donors (Lipinski definition) is 1. The lowest BCUT2D eigenvalue weighted by Crippen LogP contribution is -2.14. The van der Waals surface area contributed by atoms with Crippen molar-refractivity contribution in [2.45, 2.75) is 11.8 Å². The molecule has 3 heteroatoms. The van der Waals surface area contributed by atoms with Gasteiger partial charge in [0, 0.05) is 12.4 Å². The van der Waals surface area contributed by atoms with E-state index < -0.39 is 0 Å². The molecule has 0 fully saturated rings. The first-order valence-corrected chi connectivity index (χ1v) is 4.66. The Balaban J connectivity index is 3.03. The van der Waals surface area contributed by atoms with Crippen molar-refractivity contribution in [3.05, 3.63) is 35.4 Å². The molecule has 1 atom stereocenters. The highest BCUT2D eigenvalue weighted by Gasteiger charge is 2.11. The van der Waals surface area contributed by atoms with Gasteiger partial charge < -0.3 is 10.5 Å². The summed E-state index contributed by atoms with van der Waals surface area (Å²) >= 11 is 5.73. The summed E-state index contributed by atoms with van der Waals surface area (Å²) in [6.07, 6.45) is 0.866. The largest absolute Gasteiger partial charge is 0.329 e. The molecule has 0 amide bonds. The Morgan fingerprint density at radius 3 is 2.69 bits per heavy atom. The molecule has 2 N–H and O–H groups in total. The van der Waals surface area contributed by atoms with Gasteiger partial charge in [0.25, 0.3) is 0 Å². The molecule has 0 aliphatic carbocycles. The maximum atomic E-state index is 10.7. The predicted molar refractivity (Wildman–Crippen MR) is 53.9 cm³/mol. The first kappa shape index (κ1) is 10.2. The fourth-order valence-corrected chi connectivity index (χ4v) is 1.52. The van der Waals surface area contributed by atoms with Crippen LogP contribution in [-0.2, 0) is 10.7 Å². The molecule has 0 bridgehead atoms. The monoisotopic (exact) mass is 197 g/mol. The maximum absolute atomic E-state index is 10.7. The first-order chi connectivity index (χ1) is 6.33. The Hall–Kier alpha value is -0.860. The molecule has 0 saturated heterocycles. The lowest BCUT2D eigenvalue weighted by Gasteiger charge is -2.11. The molecule has 2 nitrogen and oxygen atoms in total. The van der Waals surface area contributed by atoms with Crippen molar-refractivity contribution in [2.24, 2.45) is 5.73 Å². The minimum absolute atomic E-state index is 0.227. The number of nitrogens with two attached hydrogens (primary N) is 1. The molecule has 0 saturated carbocycles. The molecule has 1 unspecified atom stereocenters. The number of carbonyl (C=O) groups is 1. The van der Waals surface area contributed by atoms with Gasteiger partial charge in [0.15, 0.2) is 0 Å². The molecule has 0 radical (unpaired) electrons. The quantitative estimate of drug-likeness (QED) is 0.590. The van der Waals surface area contributed by atoms with Gasteiger partial charge in [0.2, 0.25) is 0 Å². The van der Waals surface area contributed by atoms with Gasteiger partial charge in [0.1, 0.15) is 6.29 Å². The van der Waals surface area contributed by atoms with Crippen LogP contribution in [0.15, 0.2) is 24.3 Å². The van der Waals surface area contributed by atoms with E-state index in [9.17, 15) is 4.79 Å². The maximum Gasteiger partial charge on any atom is 0.128 e. The van der Waals surface area contributed by atoms with Crippen LogP contribution in [0.3, 0.4) is 0 Å². The predicted octanol–water partition coefficient (Wildman–Crippen LogP) is 1.67. The van der Waals surface area contributed by atoms with Gasteiger partial charge in [0.05, 0.1) is 5.92 Å². The van der Waals surface area contributed by atoms with E-state index in [1.807, 2.05) is 24.3 Å². The van der Waals surface area contributed by atoms with E-state index in [0.29, 0.717) is 12.4 Å². The van der Waals surface area contributed by atoms with Gasteiger partial charge in [-0.3, -0.25) is 0 Å². The van der Waals surface area contributed by atoms with E-state index in [4.69, 9.17) is 17.3 Å². The number of carbonyl (C=O) groups excluding carboxylic acids is 1. The van der Waals surface area contributed by atoms with Crippen molar-refractivity contribution in [2.75, 3.05) is 6.54 Å². The van der Waals surface area contributed by atoms with E-state index >= 15 is 0 Å². The number of aldehydes is 1. The molecular weight excluding hydrogens is 186 g/mol. The number of hydrogen-bond acceptors (Lipinski definition) is 2. The molecular formula is C10H12ClNO. The number of rotatable bonds is 4. The average Bonchev–Trinajstić information content (AvgIpc) is 2.20. The van der Waals surface area contributed by atoms with Crippen molar-refractivity contribution < 1.29 is 4.79 Å². The second-order valence-electron chi connectivity index (χ2n) is 2.81. The first-order valence-electron chi connectivity index (χ1n) is 4.12. The number of halogens is 1. The van der Waals surface area contributed by atoms with Crippen LogP contribution in [0.5, 0.6) is 0 Å². The highest BCUT2D eigenvalue weighted by molar-refractivity contribution is 6.17. The minimum Gasteiger partial charge on any atom is -0.329 e. The van der Waals surface area contributed by atoms with Crippen LogP contribution in [0.4, 0.5) is 0 Å². The van der Waals surface area contributed by atoms with Crippen LogP contribution in [0.25, 0.3) is 0 Å². The van der Waals surface area contributed by atoms with Gasteiger partial charge in [-0.1, -0.05) is 24.3 Å². The second kappa shape index (κ2) is 5.00. The van der Waals surface area contributed by atoms with Crippen molar-refractivity contribution in [1.29, 1.82) is 0 Å². The van der Waals surface area contributed by atoms with E-state index in [1.165, 1.54) is 0 Å². The molecule has 0 aliphatic rings. The van der Waals surface area contributed by atoms with Crippen molar-refractivity contribution in [1.82, 2.24) is 0 Å². The Bertz CT molecular complexity index is 288. The fourth-order valence-electron chi connectivity index (χ4n) is 1.27. The van der Waals surface area contributed by atoms with Crippen molar-refractivity contribution in [3.63, 3.8) is 0 Å². The summed E-state index contributed by atoms with van der Waals surface area (Å²) in [4.78, 5) is 10.7. The molecule has 13 heavy (non-hydrogen) atoms. The summed E-state index contributed by atoms with van der Waals surface area (Å²) in [6.45, 7) is 0.331. The van der Waals surface area contributed by atoms with Crippen molar-refractivity contribution >= 4 is 17.9 Å². The van der Waals surface area contributed by atoms with Gasteiger partial charge in [-0.2, -0.15) is 0 Å². The summed E-state index contributed by atoms with van der Waals surface area (Å²) in [5.41, 5.74) is 7.38. The van der Waals surface area contributed by atoms with E-state index in [-0.39, 0.29) is 5.92 Å². The molecule has 0 spiro atoms. The Morgan fingerprint density at radius 1 is 1.46 bits per heavy atom. The molecule has 1 aromatic carbocycles. The minimum atomic E-state index is -0.227. The topological polar surface area (TPSA) is 43.1 Å². The van der Waals surface area contributed by atoms with E-state index in [1.54, 1.807) is 0 Å². The number of benzene rings is 1. The van der Waals surface area contributed by atoms with Crippen LogP contribution >= 0.6 is 11.6 Å². The van der Waals surface area contributed by atoms with E-state index in [2.05, 4.69) is 0 Å². The highest BCUT2D eigenvalue weighted by atomic mass is 35.5. The van der Waals surface area contributed by atoms with Crippen LogP contribution in [0, 0.1) is 0 Å². The second-order valence-corrected chi connectivity index (χ2v) is 3.08. The Morgan fingerprint density at radius 2 is 2.15 bits per heavy atom. The summed E-state index contributed by atoms with van der Waals surface area (Å²) < 4.78 is 0. The zero-order valence-electron chi connectivity index (χ0n) is 7.24. The summed E-state index contributed by atoms with van der Waals surface area (Å²) in [5.74, 6) is 0.190. The third-order valence-electron chi connectivity index (χ3n) is 2.02. The van der Waals surface area contributed by atoms with E-state index in [0.717, 1.165) is 17.4 Å². The fraction of sp³-hybridized carbons (Fsp3) is 0.300. The summed E-state index contributed by atoms with van der Waals surface area (Å²) in [5, 5.41) is 0. The molecule has 1 rings (SSSR count). The third kappa shape index (κ3) is 2.29. The van der Waals surface area contributed by atoms with Crippen LogP contribution < -0.4 is 5.73 Å². The molecule has 0 aromatic heterocycles.